The van der Waals surface area contributed by atoms with Crippen molar-refractivity contribution in [2.24, 2.45) is 7.05 Å². The van der Waals surface area contributed by atoms with Gasteiger partial charge in [0.1, 0.15) is 17.0 Å². The van der Waals surface area contributed by atoms with Crippen molar-refractivity contribution in [2.75, 3.05) is 5.32 Å². The highest BCUT2D eigenvalue weighted by molar-refractivity contribution is 9.10. The van der Waals surface area contributed by atoms with Gasteiger partial charge in [0.15, 0.2) is 0 Å². The molecule has 18 heavy (non-hydrogen) atoms. The number of aromatic nitrogens is 2. The summed E-state index contributed by atoms with van der Waals surface area (Å²) in [6, 6.07) is 7.66. The molecule has 1 aromatic carbocycles. The molecule has 2 rings (SSSR count). The number of hydrogen-bond donors (Lipinski definition) is 1. The second-order valence-corrected chi connectivity index (χ2v) is 5.01. The molecule has 1 aromatic heterocycles. The molecule has 0 bridgehead atoms. The van der Waals surface area contributed by atoms with Gasteiger partial charge in [0.2, 0.25) is 0 Å². The molecule has 0 amide bonds. The second kappa shape index (κ2) is 5.42. The van der Waals surface area contributed by atoms with Crippen LogP contribution in [0.5, 0.6) is 0 Å². The first kappa shape index (κ1) is 12.9. The van der Waals surface area contributed by atoms with Gasteiger partial charge in [-0.1, -0.05) is 27.5 Å². The van der Waals surface area contributed by atoms with Crippen molar-refractivity contribution >= 4 is 33.2 Å². The van der Waals surface area contributed by atoms with Gasteiger partial charge in [0, 0.05) is 11.5 Å². The predicted molar refractivity (Wildman–Crippen MR) is 74.4 cm³/mol. The molecule has 1 heterocycles. The van der Waals surface area contributed by atoms with Crippen LogP contribution in [0.1, 0.15) is 11.4 Å². The average Bonchev–Trinajstić information content (AvgIpc) is 2.68. The van der Waals surface area contributed by atoms with Crippen LogP contribution >= 0.6 is 27.5 Å². The van der Waals surface area contributed by atoms with Crippen LogP contribution in [0.3, 0.4) is 0 Å². The van der Waals surface area contributed by atoms with Gasteiger partial charge >= 0.3 is 0 Å². The summed E-state index contributed by atoms with van der Waals surface area (Å²) in [6.45, 7) is 0.513. The minimum atomic E-state index is 0.513. The van der Waals surface area contributed by atoms with E-state index in [-0.39, 0.29) is 0 Å². The van der Waals surface area contributed by atoms with E-state index in [9.17, 15) is 0 Å². The summed E-state index contributed by atoms with van der Waals surface area (Å²) < 4.78 is 2.67. The molecule has 0 fully saturated rings. The van der Waals surface area contributed by atoms with Crippen LogP contribution in [0, 0.1) is 11.3 Å². The van der Waals surface area contributed by atoms with E-state index in [1.807, 2.05) is 19.2 Å². The number of imidazole rings is 1. The molecule has 0 aliphatic heterocycles. The van der Waals surface area contributed by atoms with Gasteiger partial charge < -0.3 is 9.88 Å². The van der Waals surface area contributed by atoms with Crippen molar-refractivity contribution in [1.82, 2.24) is 9.55 Å². The van der Waals surface area contributed by atoms with E-state index in [4.69, 9.17) is 16.9 Å². The van der Waals surface area contributed by atoms with E-state index in [2.05, 4.69) is 32.3 Å². The van der Waals surface area contributed by atoms with Gasteiger partial charge in [-0.25, -0.2) is 4.98 Å². The number of nitriles is 1. The predicted octanol–water partition coefficient (Wildman–Crippen LogP) is 3.32. The summed E-state index contributed by atoms with van der Waals surface area (Å²) in [5.41, 5.74) is 1.37. The van der Waals surface area contributed by atoms with Gasteiger partial charge in [-0.3, -0.25) is 0 Å². The minimum absolute atomic E-state index is 0.513. The van der Waals surface area contributed by atoms with E-state index in [0.29, 0.717) is 17.3 Å². The summed E-state index contributed by atoms with van der Waals surface area (Å²) in [7, 11) is 1.85. The molecular weight excluding hydrogens is 316 g/mol. The van der Waals surface area contributed by atoms with Crippen molar-refractivity contribution in [2.45, 2.75) is 6.54 Å². The number of anilines is 1. The van der Waals surface area contributed by atoms with Gasteiger partial charge in [-0.2, -0.15) is 5.26 Å². The summed E-state index contributed by atoms with van der Waals surface area (Å²) in [5.74, 6) is 0.812. The van der Waals surface area contributed by atoms with Crippen LogP contribution in [0.2, 0.25) is 5.15 Å². The molecule has 2 aromatic rings. The zero-order valence-corrected chi connectivity index (χ0v) is 12.0. The normalized spacial score (nSPS) is 10.1. The highest BCUT2D eigenvalue weighted by atomic mass is 79.9. The number of hydrogen-bond acceptors (Lipinski definition) is 3. The molecule has 0 saturated carbocycles. The maximum atomic E-state index is 9.05. The highest BCUT2D eigenvalue weighted by Crippen LogP contribution is 2.21. The molecule has 6 heteroatoms. The van der Waals surface area contributed by atoms with Crippen LogP contribution in [-0.4, -0.2) is 9.55 Å². The minimum Gasteiger partial charge on any atom is -0.377 e. The van der Waals surface area contributed by atoms with Crippen LogP contribution in [0.4, 0.5) is 5.69 Å². The lowest BCUT2D eigenvalue weighted by Gasteiger charge is -2.08. The van der Waals surface area contributed by atoms with E-state index in [1.54, 1.807) is 16.8 Å². The van der Waals surface area contributed by atoms with Crippen molar-refractivity contribution in [3.63, 3.8) is 0 Å². The Balaban J connectivity index is 2.16. The zero-order chi connectivity index (χ0) is 13.1. The maximum Gasteiger partial charge on any atom is 0.128 e. The van der Waals surface area contributed by atoms with Gasteiger partial charge in [0.25, 0.3) is 0 Å². The Bertz CT molecular complexity index is 615. The Kier molecular flexibility index (Phi) is 3.90. The smallest absolute Gasteiger partial charge is 0.128 e. The Morgan fingerprint density at radius 2 is 2.33 bits per heavy atom. The molecule has 92 valence electrons. The third kappa shape index (κ3) is 2.66. The maximum absolute atomic E-state index is 9.05. The lowest BCUT2D eigenvalue weighted by atomic mass is 10.2. The van der Waals surface area contributed by atoms with E-state index in [1.165, 1.54) is 0 Å². The van der Waals surface area contributed by atoms with Crippen LogP contribution in [0.15, 0.2) is 28.9 Å². The van der Waals surface area contributed by atoms with Gasteiger partial charge in [-0.05, 0) is 18.2 Å². The standard InChI is InChI=1S/C12H10BrClN4/c1-18-11(14)6-17-12(18)7-16-10-3-2-9(13)4-8(10)5-15/h2-4,6,16H,7H2,1H3. The van der Waals surface area contributed by atoms with Gasteiger partial charge in [0.05, 0.1) is 24.0 Å². The number of rotatable bonds is 3. The fraction of sp³-hybridized carbons (Fsp3) is 0.167. The van der Waals surface area contributed by atoms with Crippen molar-refractivity contribution in [1.29, 1.82) is 5.26 Å². The number of nitrogens with one attached hydrogen (secondary N) is 1. The first-order chi connectivity index (χ1) is 8.61. The van der Waals surface area contributed by atoms with Gasteiger partial charge in [-0.15, -0.1) is 0 Å². The molecule has 0 spiro atoms. The van der Waals surface area contributed by atoms with Crippen LogP contribution in [0.25, 0.3) is 0 Å². The molecule has 0 aliphatic carbocycles. The molecule has 0 aliphatic rings. The average molecular weight is 326 g/mol. The fourth-order valence-electron chi connectivity index (χ4n) is 1.53. The quantitative estimate of drug-likeness (QED) is 0.942. The molecule has 4 nitrogen and oxygen atoms in total. The first-order valence-electron chi connectivity index (χ1n) is 5.21. The topological polar surface area (TPSA) is 53.6 Å². The number of benzene rings is 1. The summed E-state index contributed by atoms with van der Waals surface area (Å²) in [4.78, 5) is 4.18. The molecular formula is C12H10BrClN4. The van der Waals surface area contributed by atoms with E-state index in [0.717, 1.165) is 16.0 Å². The van der Waals surface area contributed by atoms with E-state index >= 15 is 0 Å². The largest absolute Gasteiger partial charge is 0.377 e. The summed E-state index contributed by atoms with van der Waals surface area (Å²) >= 11 is 9.24. The highest BCUT2D eigenvalue weighted by Gasteiger charge is 2.06. The molecule has 0 unspecified atom stereocenters. The lowest BCUT2D eigenvalue weighted by molar-refractivity contribution is 0.813. The number of halogens is 2. The summed E-state index contributed by atoms with van der Waals surface area (Å²) in [6.07, 6.45) is 1.60. The third-order valence-corrected chi connectivity index (χ3v) is 3.41. The van der Waals surface area contributed by atoms with Crippen molar-refractivity contribution < 1.29 is 0 Å². The third-order valence-electron chi connectivity index (χ3n) is 2.57. The van der Waals surface area contributed by atoms with Crippen molar-refractivity contribution in [3.05, 3.63) is 45.4 Å². The zero-order valence-electron chi connectivity index (χ0n) is 9.61. The molecule has 0 saturated heterocycles. The van der Waals surface area contributed by atoms with Crippen molar-refractivity contribution in [3.8, 4) is 6.07 Å². The molecule has 0 radical (unpaired) electrons. The van der Waals surface area contributed by atoms with Crippen LogP contribution < -0.4 is 5.32 Å². The van der Waals surface area contributed by atoms with Crippen LogP contribution in [-0.2, 0) is 13.6 Å². The molecule has 1 N–H and O–H groups in total. The summed E-state index contributed by atoms with van der Waals surface area (Å²) in [5, 5.41) is 12.8. The fourth-order valence-corrected chi connectivity index (χ4v) is 2.03. The second-order valence-electron chi connectivity index (χ2n) is 3.71. The Morgan fingerprint density at radius 3 is 2.94 bits per heavy atom. The lowest BCUT2D eigenvalue weighted by Crippen LogP contribution is -2.07. The SMILES string of the molecule is Cn1c(Cl)cnc1CNc1ccc(Br)cc1C#N. The Hall–Kier alpha value is -1.51. The number of nitrogens with zero attached hydrogens (tertiary/aromatic N) is 3. The Labute approximate surface area is 118 Å². The first-order valence-corrected chi connectivity index (χ1v) is 6.38. The molecule has 0 atom stereocenters. The monoisotopic (exact) mass is 324 g/mol. The Morgan fingerprint density at radius 1 is 1.56 bits per heavy atom. The van der Waals surface area contributed by atoms with E-state index < -0.39 is 0 Å².